The second-order valence-corrected chi connectivity index (χ2v) is 10.1. The monoisotopic (exact) mass is 424 g/mol. The number of hydrogen-bond acceptors (Lipinski definition) is 5. The fraction of sp³-hybridized carbons (Fsp3) is 0.636. The van der Waals surface area contributed by atoms with Crippen LogP contribution in [0.3, 0.4) is 0 Å². The molecule has 5 nitrogen and oxygen atoms in total. The number of fused-ring (bicyclic) bond motifs is 5. The first kappa shape index (κ1) is 20.9. The summed E-state index contributed by atoms with van der Waals surface area (Å²) >= 11 is 7.18. The zero-order chi connectivity index (χ0) is 21.6. The molecule has 4 aliphatic rings. The van der Waals surface area contributed by atoms with E-state index in [0.29, 0.717) is 6.42 Å². The lowest BCUT2D eigenvalue weighted by atomic mass is 9.46. The third-order valence-corrected chi connectivity index (χ3v) is 9.31. The Kier molecular flexibility index (Phi) is 4.40. The van der Waals surface area contributed by atoms with Crippen LogP contribution in [0.5, 0.6) is 0 Å². The predicted octanol–water partition coefficient (Wildman–Crippen LogP) is 2.38. The number of Topliss-reactive ketones (excluding diaryl/α,β-unsaturated/α-hetero) is 1. The van der Waals surface area contributed by atoms with Gasteiger partial charge in [0.2, 0.25) is 0 Å². The van der Waals surface area contributed by atoms with Crippen molar-refractivity contribution in [2.75, 3.05) is 6.61 Å². The van der Waals surface area contributed by atoms with E-state index in [4.69, 9.17) is 11.6 Å². The second-order valence-electron chi connectivity index (χ2n) is 9.51. The number of halogens is 2. The molecule has 0 aromatic heterocycles. The molecule has 2 saturated carbocycles. The van der Waals surface area contributed by atoms with Gasteiger partial charge in [0.25, 0.3) is 0 Å². The van der Waals surface area contributed by atoms with E-state index in [2.05, 4.69) is 6.58 Å². The number of hydrogen-bond donors (Lipinski definition) is 3. The average Bonchev–Trinajstić information content (AvgIpc) is 2.86. The van der Waals surface area contributed by atoms with Crippen LogP contribution in [0, 0.1) is 22.7 Å². The summed E-state index contributed by atoms with van der Waals surface area (Å²) in [4.78, 5) is 23.2. The van der Waals surface area contributed by atoms with Crippen LogP contribution in [0.4, 0.5) is 4.39 Å². The van der Waals surface area contributed by atoms with Crippen molar-refractivity contribution in [3.05, 3.63) is 35.7 Å². The molecule has 0 spiro atoms. The van der Waals surface area contributed by atoms with Crippen molar-refractivity contribution in [2.24, 2.45) is 22.7 Å². The molecule has 0 unspecified atom stereocenters. The Balaban J connectivity index is 1.93. The number of carbonyl (C=O) groups excluding carboxylic acids is 2. The molecule has 29 heavy (non-hydrogen) atoms. The summed E-state index contributed by atoms with van der Waals surface area (Å²) in [6.07, 6.45) is 2.18. The summed E-state index contributed by atoms with van der Waals surface area (Å²) in [6.45, 7) is 6.47. The van der Waals surface area contributed by atoms with E-state index < -0.39 is 57.5 Å². The highest BCUT2D eigenvalue weighted by molar-refractivity contribution is 6.26. The molecule has 0 aromatic carbocycles. The Morgan fingerprint density at radius 1 is 1.41 bits per heavy atom. The summed E-state index contributed by atoms with van der Waals surface area (Å²) in [5.74, 6) is -2.65. The van der Waals surface area contributed by atoms with Crippen molar-refractivity contribution in [3.8, 4) is 0 Å². The number of allylic oxidation sites excluding steroid dienone is 4. The highest BCUT2D eigenvalue weighted by atomic mass is 35.5. The van der Waals surface area contributed by atoms with Crippen molar-refractivity contribution >= 4 is 23.2 Å². The highest BCUT2D eigenvalue weighted by Crippen LogP contribution is 2.71. The van der Waals surface area contributed by atoms with E-state index in [1.165, 1.54) is 12.2 Å². The first-order valence-electron chi connectivity index (χ1n) is 9.92. The SMILES string of the molecule is C=C1C[C@H]2[C@@H]3C=C(F)C4=CC(=O)CC[C@]4(C)[C@@]3(Cl)[C@@H](O)C[C@]2(C)[C@@]1(O)C(=O)CO. The molecule has 7 atom stereocenters. The molecule has 0 saturated heterocycles. The maximum absolute atomic E-state index is 15.2. The van der Waals surface area contributed by atoms with Gasteiger partial charge in [-0.05, 0) is 48.5 Å². The van der Waals surface area contributed by atoms with Gasteiger partial charge in [0.15, 0.2) is 17.2 Å². The lowest BCUT2D eigenvalue weighted by molar-refractivity contribution is -0.165. The second kappa shape index (κ2) is 6.10. The van der Waals surface area contributed by atoms with Crippen LogP contribution < -0.4 is 0 Å². The zero-order valence-corrected chi connectivity index (χ0v) is 17.3. The van der Waals surface area contributed by atoms with Crippen LogP contribution in [-0.4, -0.2) is 50.1 Å². The summed E-state index contributed by atoms with van der Waals surface area (Å²) < 4.78 is 15.2. The number of aliphatic hydroxyl groups is 3. The predicted molar refractivity (Wildman–Crippen MR) is 105 cm³/mol. The first-order chi connectivity index (χ1) is 13.4. The summed E-state index contributed by atoms with van der Waals surface area (Å²) in [5, 5.41) is 32.1. The number of alkyl halides is 1. The van der Waals surface area contributed by atoms with Crippen LogP contribution in [0.2, 0.25) is 0 Å². The quantitative estimate of drug-likeness (QED) is 0.467. The highest BCUT2D eigenvalue weighted by Gasteiger charge is 2.74. The van der Waals surface area contributed by atoms with Gasteiger partial charge in [0.05, 0.1) is 11.0 Å². The van der Waals surface area contributed by atoms with Crippen LogP contribution in [0.25, 0.3) is 0 Å². The Morgan fingerprint density at radius 2 is 2.07 bits per heavy atom. The van der Waals surface area contributed by atoms with Gasteiger partial charge in [-0.1, -0.05) is 20.4 Å². The molecule has 7 heteroatoms. The molecule has 158 valence electrons. The molecule has 0 bridgehead atoms. The van der Waals surface area contributed by atoms with E-state index in [1.54, 1.807) is 13.8 Å². The molecular weight excluding hydrogens is 399 g/mol. The molecular formula is C22H26ClFO5. The molecule has 3 N–H and O–H groups in total. The minimum atomic E-state index is -2.02. The number of aliphatic hydroxyl groups excluding tert-OH is 2. The third-order valence-electron chi connectivity index (χ3n) is 8.39. The van der Waals surface area contributed by atoms with Crippen molar-refractivity contribution in [1.29, 1.82) is 0 Å². The third kappa shape index (κ3) is 2.21. The van der Waals surface area contributed by atoms with Gasteiger partial charge < -0.3 is 15.3 Å². The van der Waals surface area contributed by atoms with Crippen molar-refractivity contribution < 1.29 is 29.3 Å². The van der Waals surface area contributed by atoms with Gasteiger partial charge in [-0.25, -0.2) is 4.39 Å². The molecule has 2 fully saturated rings. The van der Waals surface area contributed by atoms with E-state index in [9.17, 15) is 24.9 Å². The molecule has 0 heterocycles. The van der Waals surface area contributed by atoms with Crippen LogP contribution >= 0.6 is 11.6 Å². The van der Waals surface area contributed by atoms with Crippen molar-refractivity contribution in [3.63, 3.8) is 0 Å². The Labute approximate surface area is 173 Å². The Hall–Kier alpha value is -1.34. The molecule has 4 rings (SSSR count). The number of ketones is 2. The van der Waals surface area contributed by atoms with Gasteiger partial charge in [0.1, 0.15) is 12.4 Å². The fourth-order valence-electron chi connectivity index (χ4n) is 6.68. The summed E-state index contributed by atoms with van der Waals surface area (Å²) in [5.41, 5.74) is -3.70. The molecule has 0 radical (unpaired) electrons. The van der Waals surface area contributed by atoms with E-state index in [1.807, 2.05) is 0 Å². The normalized spacial score (nSPS) is 49.0. The smallest absolute Gasteiger partial charge is 0.194 e. The van der Waals surface area contributed by atoms with Crippen LogP contribution in [0.15, 0.2) is 35.7 Å². The summed E-state index contributed by atoms with van der Waals surface area (Å²) in [6, 6.07) is 0. The largest absolute Gasteiger partial charge is 0.391 e. The van der Waals surface area contributed by atoms with Crippen LogP contribution in [0.1, 0.15) is 39.5 Å². The minimum Gasteiger partial charge on any atom is -0.391 e. The summed E-state index contributed by atoms with van der Waals surface area (Å²) in [7, 11) is 0. The lowest BCUT2D eigenvalue weighted by Crippen LogP contribution is -2.68. The Bertz CT molecular complexity index is 896. The zero-order valence-electron chi connectivity index (χ0n) is 16.5. The van der Waals surface area contributed by atoms with Gasteiger partial charge in [-0.3, -0.25) is 9.59 Å². The van der Waals surface area contributed by atoms with Gasteiger partial charge in [0, 0.05) is 23.2 Å². The Morgan fingerprint density at radius 3 is 2.69 bits per heavy atom. The van der Waals surface area contributed by atoms with E-state index in [-0.39, 0.29) is 36.2 Å². The molecule has 0 amide bonds. The maximum Gasteiger partial charge on any atom is 0.194 e. The topological polar surface area (TPSA) is 94.8 Å². The minimum absolute atomic E-state index is 0.00873. The molecule has 0 aromatic rings. The van der Waals surface area contributed by atoms with Crippen LogP contribution in [-0.2, 0) is 9.59 Å². The average molecular weight is 425 g/mol. The maximum atomic E-state index is 15.2. The van der Waals surface area contributed by atoms with E-state index >= 15 is 4.39 Å². The van der Waals surface area contributed by atoms with Gasteiger partial charge >= 0.3 is 0 Å². The van der Waals surface area contributed by atoms with E-state index in [0.717, 1.165) is 0 Å². The standard InChI is InChI=1S/C22H26ClFO5/c1-11-6-13-14-8-16(24)15-7-12(26)4-5-19(15,2)21(14,23)17(27)9-20(13,3)22(11,29)18(28)10-25/h7-8,13-14,17,25,27,29H,1,4-6,9-10H2,2-3H3/t13-,14-,17-,19-,20-,21-,22-/m0/s1. The fourth-order valence-corrected chi connectivity index (χ4v) is 7.17. The molecule has 4 aliphatic carbocycles. The number of rotatable bonds is 2. The van der Waals surface area contributed by atoms with Gasteiger partial charge in [-0.2, -0.15) is 0 Å². The lowest BCUT2D eigenvalue weighted by Gasteiger charge is -2.63. The van der Waals surface area contributed by atoms with Crippen molar-refractivity contribution in [2.45, 2.75) is 56.1 Å². The van der Waals surface area contributed by atoms with Crippen molar-refractivity contribution in [1.82, 2.24) is 0 Å². The first-order valence-corrected chi connectivity index (χ1v) is 10.3. The molecule has 0 aliphatic heterocycles. The van der Waals surface area contributed by atoms with Gasteiger partial charge in [-0.15, -0.1) is 11.6 Å². The number of carbonyl (C=O) groups is 2.